The molecule has 0 saturated carbocycles. The molecule has 0 aliphatic carbocycles. The van der Waals surface area contributed by atoms with Crippen LogP contribution in [0.25, 0.3) is 0 Å². The fourth-order valence-corrected chi connectivity index (χ4v) is 2.54. The van der Waals surface area contributed by atoms with Crippen molar-refractivity contribution in [1.29, 1.82) is 0 Å². The van der Waals surface area contributed by atoms with Crippen molar-refractivity contribution in [2.24, 2.45) is 5.92 Å². The predicted octanol–water partition coefficient (Wildman–Crippen LogP) is 1.86. The largest absolute Gasteiger partial charge is 0.494 e. The van der Waals surface area contributed by atoms with Gasteiger partial charge < -0.3 is 24.9 Å². The van der Waals surface area contributed by atoms with E-state index in [9.17, 15) is 19.5 Å². The summed E-state index contributed by atoms with van der Waals surface area (Å²) >= 11 is 0. The molecule has 0 bridgehead atoms. The highest BCUT2D eigenvalue weighted by Gasteiger charge is 2.22. The number of carboxylic acids is 1. The van der Waals surface area contributed by atoms with E-state index >= 15 is 0 Å². The number of aliphatic carboxylic acids is 1. The number of benzene rings is 1. The zero-order valence-corrected chi connectivity index (χ0v) is 15.8. The average Bonchev–Trinajstić information content (AvgIpc) is 3.21. The van der Waals surface area contributed by atoms with Crippen LogP contribution in [0, 0.1) is 5.92 Å². The summed E-state index contributed by atoms with van der Waals surface area (Å²) in [5, 5.41) is 14.5. The van der Waals surface area contributed by atoms with Crippen molar-refractivity contribution in [1.82, 2.24) is 10.6 Å². The van der Waals surface area contributed by atoms with Gasteiger partial charge in [0.2, 0.25) is 5.91 Å². The molecule has 0 aliphatic rings. The Balaban J connectivity index is 1.86. The van der Waals surface area contributed by atoms with Crippen LogP contribution in [0.5, 0.6) is 5.75 Å². The van der Waals surface area contributed by atoms with E-state index in [0.717, 1.165) is 5.56 Å². The normalized spacial score (nSPS) is 12.6. The fraction of sp³-hybridized carbons (Fsp3) is 0.350. The summed E-state index contributed by atoms with van der Waals surface area (Å²) in [4.78, 5) is 35.6. The van der Waals surface area contributed by atoms with E-state index in [-0.39, 0.29) is 18.7 Å². The molecule has 2 unspecified atom stereocenters. The van der Waals surface area contributed by atoms with Crippen LogP contribution >= 0.6 is 0 Å². The Labute approximate surface area is 162 Å². The molecule has 0 spiro atoms. The minimum atomic E-state index is -1.01. The lowest BCUT2D eigenvalue weighted by Crippen LogP contribution is -2.46. The number of rotatable bonds is 10. The first-order valence-corrected chi connectivity index (χ1v) is 8.97. The van der Waals surface area contributed by atoms with E-state index in [1.165, 1.54) is 19.3 Å². The molecule has 0 radical (unpaired) electrons. The van der Waals surface area contributed by atoms with Gasteiger partial charge in [-0.2, -0.15) is 0 Å². The third kappa shape index (κ3) is 6.15. The third-order valence-electron chi connectivity index (χ3n) is 4.07. The summed E-state index contributed by atoms with van der Waals surface area (Å²) in [5.74, 6) is -1.99. The van der Waals surface area contributed by atoms with E-state index in [1.807, 2.05) is 6.92 Å². The van der Waals surface area contributed by atoms with Crippen LogP contribution in [0.3, 0.4) is 0 Å². The first kappa shape index (κ1) is 21.0. The molecule has 8 heteroatoms. The molecule has 0 aliphatic heterocycles. The number of hydrogen-bond acceptors (Lipinski definition) is 5. The highest BCUT2D eigenvalue weighted by Crippen LogP contribution is 2.15. The summed E-state index contributed by atoms with van der Waals surface area (Å²) in [5.41, 5.74) is 0.823. The Morgan fingerprint density at radius 2 is 1.89 bits per heavy atom. The van der Waals surface area contributed by atoms with E-state index in [0.29, 0.717) is 12.4 Å². The zero-order valence-electron chi connectivity index (χ0n) is 15.8. The van der Waals surface area contributed by atoms with E-state index in [4.69, 9.17) is 9.15 Å². The second-order valence-corrected chi connectivity index (χ2v) is 6.23. The minimum Gasteiger partial charge on any atom is -0.494 e. The van der Waals surface area contributed by atoms with Gasteiger partial charge in [-0.15, -0.1) is 0 Å². The molecule has 28 heavy (non-hydrogen) atoms. The van der Waals surface area contributed by atoms with Gasteiger partial charge in [0.05, 0.1) is 18.8 Å². The van der Waals surface area contributed by atoms with Crippen molar-refractivity contribution >= 4 is 17.8 Å². The topological polar surface area (TPSA) is 118 Å². The predicted molar refractivity (Wildman–Crippen MR) is 101 cm³/mol. The van der Waals surface area contributed by atoms with Crippen molar-refractivity contribution in [3.63, 3.8) is 0 Å². The van der Waals surface area contributed by atoms with Gasteiger partial charge in [0.15, 0.2) is 5.76 Å². The van der Waals surface area contributed by atoms with Gasteiger partial charge in [0.1, 0.15) is 11.8 Å². The van der Waals surface area contributed by atoms with Gasteiger partial charge in [-0.3, -0.25) is 14.4 Å². The summed E-state index contributed by atoms with van der Waals surface area (Å²) in [6.45, 7) is 3.90. The van der Waals surface area contributed by atoms with Crippen LogP contribution in [-0.4, -0.2) is 42.1 Å². The number of furan rings is 1. The highest BCUT2D eigenvalue weighted by molar-refractivity contribution is 5.95. The quantitative estimate of drug-likeness (QED) is 0.572. The number of ether oxygens (including phenoxy) is 1. The molecular formula is C20H24N2O6. The van der Waals surface area contributed by atoms with Gasteiger partial charge in [-0.25, -0.2) is 0 Å². The van der Waals surface area contributed by atoms with Crippen molar-refractivity contribution in [3.8, 4) is 5.75 Å². The Hall–Kier alpha value is -3.29. The van der Waals surface area contributed by atoms with E-state index in [2.05, 4.69) is 10.6 Å². The summed E-state index contributed by atoms with van der Waals surface area (Å²) in [7, 11) is 0. The minimum absolute atomic E-state index is 0.0532. The average molecular weight is 388 g/mol. The smallest absolute Gasteiger partial charge is 0.308 e. The van der Waals surface area contributed by atoms with Crippen LogP contribution in [0.2, 0.25) is 0 Å². The van der Waals surface area contributed by atoms with Crippen molar-refractivity contribution in [3.05, 3.63) is 54.0 Å². The molecule has 1 aromatic carbocycles. The molecule has 3 N–H and O–H groups in total. The summed E-state index contributed by atoms with van der Waals surface area (Å²) in [6, 6.07) is 9.38. The van der Waals surface area contributed by atoms with Gasteiger partial charge in [0.25, 0.3) is 5.91 Å². The Morgan fingerprint density at radius 3 is 2.46 bits per heavy atom. The standard InChI is InChI=1S/C20H24N2O6/c1-3-27-16-8-6-14(7-9-16)11-15(20(25)26)12-21-18(23)13(2)22-19(24)17-5-4-10-28-17/h4-10,13,15H,3,11-12H2,1-2H3,(H,21,23)(H,22,24)(H,25,26). The molecule has 2 amide bonds. The molecule has 2 rings (SSSR count). The number of carbonyl (C=O) groups excluding carboxylic acids is 2. The number of nitrogens with one attached hydrogen (secondary N) is 2. The van der Waals surface area contributed by atoms with Crippen LogP contribution < -0.4 is 15.4 Å². The molecule has 0 fully saturated rings. The SMILES string of the molecule is CCOc1ccc(CC(CNC(=O)C(C)NC(=O)c2ccco2)C(=O)O)cc1. The van der Waals surface area contributed by atoms with Gasteiger partial charge in [-0.1, -0.05) is 12.1 Å². The number of carbonyl (C=O) groups is 3. The van der Waals surface area contributed by atoms with Crippen LogP contribution in [0.4, 0.5) is 0 Å². The van der Waals surface area contributed by atoms with Crippen molar-refractivity contribution < 1.29 is 28.6 Å². The fourth-order valence-electron chi connectivity index (χ4n) is 2.54. The maximum atomic E-state index is 12.2. The number of amides is 2. The monoisotopic (exact) mass is 388 g/mol. The Morgan fingerprint density at radius 1 is 1.18 bits per heavy atom. The molecular weight excluding hydrogens is 364 g/mol. The lowest BCUT2D eigenvalue weighted by Gasteiger charge is -2.17. The first-order valence-electron chi connectivity index (χ1n) is 8.97. The summed E-state index contributed by atoms with van der Waals surface area (Å²) in [6.07, 6.45) is 1.62. The zero-order chi connectivity index (χ0) is 20.5. The molecule has 1 heterocycles. The molecule has 8 nitrogen and oxygen atoms in total. The van der Waals surface area contributed by atoms with Gasteiger partial charge in [-0.05, 0) is 50.1 Å². The lowest BCUT2D eigenvalue weighted by atomic mass is 9.99. The molecule has 0 saturated heterocycles. The Bertz CT molecular complexity index is 786. The van der Waals surface area contributed by atoms with Crippen LogP contribution in [-0.2, 0) is 16.0 Å². The summed E-state index contributed by atoms with van der Waals surface area (Å²) < 4.78 is 10.3. The second-order valence-electron chi connectivity index (χ2n) is 6.23. The van der Waals surface area contributed by atoms with Crippen molar-refractivity contribution in [2.75, 3.05) is 13.2 Å². The number of carboxylic acid groups (broad SMARTS) is 1. The van der Waals surface area contributed by atoms with Crippen LogP contribution in [0.1, 0.15) is 30.0 Å². The Kier molecular flexibility index (Phi) is 7.62. The van der Waals surface area contributed by atoms with Gasteiger partial charge >= 0.3 is 5.97 Å². The number of hydrogen-bond donors (Lipinski definition) is 3. The molecule has 150 valence electrons. The van der Waals surface area contributed by atoms with Crippen molar-refractivity contribution in [2.45, 2.75) is 26.3 Å². The molecule has 2 atom stereocenters. The van der Waals surface area contributed by atoms with E-state index < -0.39 is 29.7 Å². The maximum Gasteiger partial charge on any atom is 0.308 e. The second kappa shape index (κ2) is 10.1. The molecule has 1 aromatic heterocycles. The first-order chi connectivity index (χ1) is 13.4. The lowest BCUT2D eigenvalue weighted by molar-refractivity contribution is -0.141. The molecule has 2 aromatic rings. The maximum absolute atomic E-state index is 12.2. The third-order valence-corrected chi connectivity index (χ3v) is 4.07. The highest BCUT2D eigenvalue weighted by atomic mass is 16.5. The van der Waals surface area contributed by atoms with Gasteiger partial charge in [0, 0.05) is 6.54 Å². The van der Waals surface area contributed by atoms with E-state index in [1.54, 1.807) is 30.3 Å². The van der Waals surface area contributed by atoms with Crippen LogP contribution in [0.15, 0.2) is 47.1 Å².